The summed E-state index contributed by atoms with van der Waals surface area (Å²) in [6.45, 7) is 7.47. The number of nitrogens with two attached hydrogens (primary N) is 1. The van der Waals surface area contributed by atoms with E-state index >= 15 is 0 Å². The number of piperidine rings is 1. The summed E-state index contributed by atoms with van der Waals surface area (Å²) in [6, 6.07) is 3.81. The average molecular weight is 443 g/mol. The fourth-order valence-corrected chi connectivity index (χ4v) is 4.77. The minimum atomic E-state index is -0.761. The van der Waals surface area contributed by atoms with E-state index in [0.717, 1.165) is 22.6 Å². The van der Waals surface area contributed by atoms with Crippen molar-refractivity contribution in [2.45, 2.75) is 46.7 Å². The number of aryl methyl sites for hydroxylation is 2. The molecule has 0 radical (unpaired) electrons. The lowest BCUT2D eigenvalue weighted by molar-refractivity contribution is -0.133. The van der Waals surface area contributed by atoms with Crippen LogP contribution in [0.4, 0.5) is 0 Å². The van der Waals surface area contributed by atoms with Gasteiger partial charge in [0, 0.05) is 24.5 Å². The van der Waals surface area contributed by atoms with Crippen LogP contribution in [0.5, 0.6) is 0 Å². The Morgan fingerprint density at radius 1 is 1.19 bits per heavy atom. The highest BCUT2D eigenvalue weighted by atomic mass is 32.1. The molecule has 2 amide bonds. The quantitative estimate of drug-likeness (QED) is 0.649. The molecule has 0 bridgehead atoms. The Labute approximate surface area is 183 Å². The molecule has 0 aromatic carbocycles. The lowest BCUT2D eigenvalue weighted by Crippen LogP contribution is -2.41. The molecule has 0 spiro atoms. The van der Waals surface area contributed by atoms with E-state index in [2.05, 4.69) is 16.9 Å². The van der Waals surface area contributed by atoms with Gasteiger partial charge in [0.2, 0.25) is 5.91 Å². The summed E-state index contributed by atoms with van der Waals surface area (Å²) < 4.78 is 2.75. The van der Waals surface area contributed by atoms with E-state index in [0.29, 0.717) is 37.0 Å². The van der Waals surface area contributed by atoms with Crippen molar-refractivity contribution in [3.63, 3.8) is 0 Å². The van der Waals surface area contributed by atoms with Gasteiger partial charge in [-0.2, -0.15) is 0 Å². The van der Waals surface area contributed by atoms with Crippen molar-refractivity contribution in [1.29, 1.82) is 0 Å². The summed E-state index contributed by atoms with van der Waals surface area (Å²) in [5.74, 6) is 0.0127. The number of fused-ring (bicyclic) bond motifs is 1. The molecule has 0 atom stereocenters. The Kier molecular flexibility index (Phi) is 5.65. The van der Waals surface area contributed by atoms with E-state index in [1.54, 1.807) is 4.90 Å². The number of likely N-dealkylation sites (tertiary alicyclic amines) is 1. The minimum Gasteiger partial charge on any atom is -0.364 e. The molecule has 9 nitrogen and oxygen atoms in total. The van der Waals surface area contributed by atoms with Gasteiger partial charge >= 0.3 is 5.69 Å². The summed E-state index contributed by atoms with van der Waals surface area (Å²) >= 11 is 1.49. The van der Waals surface area contributed by atoms with E-state index in [-0.39, 0.29) is 23.7 Å². The molecule has 4 heterocycles. The van der Waals surface area contributed by atoms with Crippen LogP contribution in [0.3, 0.4) is 0 Å². The number of imidazole rings is 1. The maximum absolute atomic E-state index is 13.2. The molecule has 164 valence electrons. The zero-order valence-electron chi connectivity index (χ0n) is 17.9. The number of nitrogens with zero attached hydrogens (tertiary/aromatic N) is 5. The lowest BCUT2D eigenvalue weighted by atomic mass is 9.99. The van der Waals surface area contributed by atoms with E-state index in [4.69, 9.17) is 5.73 Å². The molecule has 4 rings (SSSR count). The second-order valence-electron chi connectivity index (χ2n) is 8.02. The van der Waals surface area contributed by atoms with Crippen molar-refractivity contribution in [3.8, 4) is 10.7 Å². The number of hydrogen-bond donors (Lipinski definition) is 1. The Morgan fingerprint density at radius 3 is 2.48 bits per heavy atom. The Morgan fingerprint density at radius 2 is 1.90 bits per heavy atom. The van der Waals surface area contributed by atoms with Gasteiger partial charge in [-0.25, -0.2) is 14.8 Å². The van der Waals surface area contributed by atoms with Gasteiger partial charge in [-0.1, -0.05) is 6.92 Å². The zero-order valence-corrected chi connectivity index (χ0v) is 18.7. The van der Waals surface area contributed by atoms with Crippen molar-refractivity contribution >= 4 is 34.3 Å². The van der Waals surface area contributed by atoms with Gasteiger partial charge in [0.1, 0.15) is 12.1 Å². The molecule has 31 heavy (non-hydrogen) atoms. The Balaban J connectivity index is 1.84. The maximum Gasteiger partial charge on any atom is 0.330 e. The van der Waals surface area contributed by atoms with Gasteiger partial charge in [-0.3, -0.25) is 18.7 Å². The van der Waals surface area contributed by atoms with E-state index < -0.39 is 11.6 Å². The molecular formula is C21H26N6O3S. The zero-order chi connectivity index (χ0) is 22.3. The number of carbonyl (C=O) groups excluding carboxylic acids is 2. The first-order valence-corrected chi connectivity index (χ1v) is 11.3. The summed E-state index contributed by atoms with van der Waals surface area (Å²) in [5, 5.41) is 0. The first-order chi connectivity index (χ1) is 14.8. The third-order valence-corrected chi connectivity index (χ3v) is 6.79. The van der Waals surface area contributed by atoms with Crippen molar-refractivity contribution in [3.05, 3.63) is 33.2 Å². The minimum absolute atomic E-state index is 0.0459. The van der Waals surface area contributed by atoms with Gasteiger partial charge in [-0.15, -0.1) is 11.3 Å². The second kappa shape index (κ2) is 8.26. The van der Waals surface area contributed by atoms with Crippen LogP contribution in [0.15, 0.2) is 16.9 Å². The number of hydrogen-bond acceptors (Lipinski definition) is 6. The molecular weight excluding hydrogens is 416 g/mol. The molecule has 1 aliphatic rings. The highest BCUT2D eigenvalue weighted by Crippen LogP contribution is 2.27. The smallest absolute Gasteiger partial charge is 0.330 e. The number of amides is 2. The molecule has 0 saturated carbocycles. The number of carbonyl (C=O) groups is 2. The first-order valence-electron chi connectivity index (χ1n) is 10.5. The fourth-order valence-electron chi connectivity index (χ4n) is 3.97. The molecule has 10 heteroatoms. The van der Waals surface area contributed by atoms with Gasteiger partial charge in [0.05, 0.1) is 4.88 Å². The molecule has 0 unspecified atom stereocenters. The third kappa shape index (κ3) is 3.87. The lowest BCUT2D eigenvalue weighted by Gasteiger charge is -2.30. The highest BCUT2D eigenvalue weighted by molar-refractivity contribution is 7.15. The monoisotopic (exact) mass is 442 g/mol. The van der Waals surface area contributed by atoms with Crippen LogP contribution < -0.4 is 11.4 Å². The van der Waals surface area contributed by atoms with E-state index in [9.17, 15) is 14.4 Å². The summed E-state index contributed by atoms with van der Waals surface area (Å²) in [5.41, 5.74) is 5.74. The highest BCUT2D eigenvalue weighted by Gasteiger charge is 2.27. The Hall–Kier alpha value is -3.01. The standard InChI is InChI=1S/C21H26N6O3S/c1-4-26-20-17(16(18(22)29)23-19(24-20)14-6-5-13(3)31-14)27(21(26)30)11-15(28)25-9-7-12(2)8-10-25/h5-6,12H,4,7-11H2,1-3H3,(H2,22,29). The van der Waals surface area contributed by atoms with Crippen LogP contribution in [0.1, 0.15) is 42.1 Å². The van der Waals surface area contributed by atoms with Crippen LogP contribution in [0.25, 0.3) is 21.9 Å². The number of aromatic nitrogens is 4. The average Bonchev–Trinajstić information content (AvgIpc) is 3.29. The maximum atomic E-state index is 13.2. The van der Waals surface area contributed by atoms with E-state index in [1.807, 2.05) is 26.0 Å². The number of thiophene rings is 1. The number of primary amides is 1. The van der Waals surface area contributed by atoms with Crippen LogP contribution >= 0.6 is 11.3 Å². The first kappa shape index (κ1) is 21.2. The van der Waals surface area contributed by atoms with Gasteiger partial charge in [-0.05, 0) is 44.7 Å². The van der Waals surface area contributed by atoms with Crippen LogP contribution in [0.2, 0.25) is 0 Å². The summed E-state index contributed by atoms with van der Waals surface area (Å²) in [7, 11) is 0. The molecule has 3 aromatic heterocycles. The van der Waals surface area contributed by atoms with Gasteiger partial charge < -0.3 is 10.6 Å². The van der Waals surface area contributed by atoms with Crippen molar-refractivity contribution in [2.24, 2.45) is 11.7 Å². The molecule has 1 fully saturated rings. The molecule has 3 aromatic rings. The predicted molar refractivity (Wildman–Crippen MR) is 119 cm³/mol. The fraction of sp³-hybridized carbons (Fsp3) is 0.476. The van der Waals surface area contributed by atoms with Crippen LogP contribution in [-0.2, 0) is 17.9 Å². The third-order valence-electron chi connectivity index (χ3n) is 5.79. The predicted octanol–water partition coefficient (Wildman–Crippen LogP) is 2.01. The van der Waals surface area contributed by atoms with Crippen molar-refractivity contribution in [2.75, 3.05) is 13.1 Å². The number of rotatable bonds is 5. The van der Waals surface area contributed by atoms with Crippen molar-refractivity contribution < 1.29 is 9.59 Å². The topological polar surface area (TPSA) is 116 Å². The van der Waals surface area contributed by atoms with Crippen LogP contribution in [0, 0.1) is 12.8 Å². The van der Waals surface area contributed by atoms with Gasteiger partial charge in [0.15, 0.2) is 17.2 Å². The van der Waals surface area contributed by atoms with Crippen LogP contribution in [-0.4, -0.2) is 48.9 Å². The molecule has 1 aliphatic heterocycles. The molecule has 2 N–H and O–H groups in total. The molecule has 0 aliphatic carbocycles. The second-order valence-corrected chi connectivity index (χ2v) is 9.31. The SMILES string of the molecule is CCn1c(=O)n(CC(=O)N2CCC(C)CC2)c2c(C(N)=O)nc(-c3ccc(C)s3)nc21. The van der Waals surface area contributed by atoms with Gasteiger partial charge in [0.25, 0.3) is 5.91 Å². The Bertz CT molecular complexity index is 1220. The van der Waals surface area contributed by atoms with Crippen molar-refractivity contribution in [1.82, 2.24) is 24.0 Å². The van der Waals surface area contributed by atoms with E-state index in [1.165, 1.54) is 20.5 Å². The summed E-state index contributed by atoms with van der Waals surface area (Å²) in [6.07, 6.45) is 1.88. The largest absolute Gasteiger partial charge is 0.364 e. The normalized spacial score (nSPS) is 15.0. The summed E-state index contributed by atoms with van der Waals surface area (Å²) in [4.78, 5) is 51.0. The molecule has 1 saturated heterocycles.